The van der Waals surface area contributed by atoms with Gasteiger partial charge in [-0.2, -0.15) is 5.10 Å². The lowest BCUT2D eigenvalue weighted by Gasteiger charge is -2.33. The maximum absolute atomic E-state index is 11.7. The Hall–Kier alpha value is -4.00. The number of hydrogen-bond acceptors (Lipinski definition) is 10. The third kappa shape index (κ3) is 4.99. The molecule has 0 radical (unpaired) electrons. The topological polar surface area (TPSA) is 118 Å². The molecule has 0 spiro atoms. The first-order valence-corrected chi connectivity index (χ1v) is 15.2. The van der Waals surface area contributed by atoms with Crippen LogP contribution >= 0.6 is 11.3 Å². The highest BCUT2D eigenvalue weighted by molar-refractivity contribution is 7.15. The van der Waals surface area contributed by atoms with Crippen LogP contribution in [-0.4, -0.2) is 77.2 Å². The maximum Gasteiger partial charge on any atom is 0.234 e. The highest BCUT2D eigenvalue weighted by Crippen LogP contribution is 2.49. The van der Waals surface area contributed by atoms with E-state index >= 15 is 0 Å². The lowest BCUT2D eigenvalue weighted by Crippen LogP contribution is -2.48. The molecule has 2 atom stereocenters. The zero-order valence-electron chi connectivity index (χ0n) is 23.4. The summed E-state index contributed by atoms with van der Waals surface area (Å²) in [5.41, 5.74) is 3.58. The van der Waals surface area contributed by atoms with Gasteiger partial charge >= 0.3 is 0 Å². The molecule has 7 rings (SSSR count). The van der Waals surface area contributed by atoms with Gasteiger partial charge in [-0.3, -0.25) is 9.69 Å². The van der Waals surface area contributed by atoms with Crippen LogP contribution in [0.1, 0.15) is 29.8 Å². The molecule has 4 aromatic rings. The Bertz CT molecular complexity index is 1650. The Labute approximate surface area is 247 Å². The quantitative estimate of drug-likeness (QED) is 0.327. The van der Waals surface area contributed by atoms with Gasteiger partial charge in [-0.15, -0.1) is 21.6 Å². The van der Waals surface area contributed by atoms with Crippen molar-refractivity contribution in [3.05, 3.63) is 59.2 Å². The third-order valence-corrected chi connectivity index (χ3v) is 9.13. The Morgan fingerprint density at radius 2 is 2.12 bits per heavy atom. The predicted octanol–water partition coefficient (Wildman–Crippen LogP) is 4.46. The number of carbonyl (C=O) groups excluding carboxylic acids is 1. The van der Waals surface area contributed by atoms with Crippen LogP contribution in [0.4, 0.5) is 0 Å². The van der Waals surface area contributed by atoms with Crippen LogP contribution in [0.15, 0.2) is 63.9 Å². The SMILES string of the molecule is Cc1nn2ccc(OCCN3CCNC(=O)C3)cc2c1-c1nc(-c2ccccc2)c(C2(C3CCCCO3)N=CN=N2)s1. The second kappa shape index (κ2) is 11.3. The Balaban J connectivity index is 1.26. The first-order chi connectivity index (χ1) is 20.6. The van der Waals surface area contributed by atoms with E-state index in [0.29, 0.717) is 32.8 Å². The fraction of sp³-hybridized carbons (Fsp3) is 0.400. The largest absolute Gasteiger partial charge is 0.492 e. The lowest BCUT2D eigenvalue weighted by atomic mass is 9.93. The van der Waals surface area contributed by atoms with Crippen molar-refractivity contribution in [2.75, 3.05) is 39.4 Å². The molecule has 0 saturated carbocycles. The summed E-state index contributed by atoms with van der Waals surface area (Å²) in [6.07, 6.45) is 6.19. The minimum Gasteiger partial charge on any atom is -0.492 e. The average molecular weight is 585 g/mol. The third-order valence-electron chi connectivity index (χ3n) is 7.94. The van der Waals surface area contributed by atoms with Gasteiger partial charge in [0.1, 0.15) is 29.8 Å². The van der Waals surface area contributed by atoms with Crippen LogP contribution in [0.2, 0.25) is 0 Å². The number of piperazine rings is 1. The number of aryl methyl sites for hydroxylation is 1. The molecule has 11 nitrogen and oxygen atoms in total. The van der Waals surface area contributed by atoms with Gasteiger partial charge < -0.3 is 14.8 Å². The van der Waals surface area contributed by atoms with E-state index < -0.39 is 5.66 Å². The summed E-state index contributed by atoms with van der Waals surface area (Å²) in [6.45, 7) is 5.75. The van der Waals surface area contributed by atoms with Gasteiger partial charge in [-0.05, 0) is 32.3 Å². The fourth-order valence-electron chi connectivity index (χ4n) is 5.85. The maximum atomic E-state index is 11.7. The number of azo groups is 1. The van der Waals surface area contributed by atoms with Crippen molar-refractivity contribution < 1.29 is 14.3 Å². The first kappa shape index (κ1) is 26.9. The predicted molar refractivity (Wildman–Crippen MR) is 160 cm³/mol. The van der Waals surface area contributed by atoms with Crippen molar-refractivity contribution >= 4 is 29.1 Å². The van der Waals surface area contributed by atoms with E-state index in [2.05, 4.69) is 27.5 Å². The number of amides is 1. The van der Waals surface area contributed by atoms with Crippen molar-refractivity contribution in [3.8, 4) is 27.6 Å². The lowest BCUT2D eigenvalue weighted by molar-refractivity contribution is -0.124. The van der Waals surface area contributed by atoms with Crippen LogP contribution in [-0.2, 0) is 15.2 Å². The number of rotatable bonds is 8. The molecule has 1 amide bonds. The van der Waals surface area contributed by atoms with Crippen LogP contribution < -0.4 is 10.1 Å². The standard InChI is InChI=1S/C30H32N8O3S/c1-20-26(23-17-22(10-12-38(23)35-20)40-16-14-37-13-11-31-25(39)18-37)29-34-27(21-7-3-2-4-8-21)28(42-29)30(32-19-33-36-30)24-9-5-6-15-41-24/h2-4,7-8,10,12,17,19,24H,5-6,9,11,13-16,18H2,1H3,(H,31,39). The summed E-state index contributed by atoms with van der Waals surface area (Å²) in [4.78, 5) is 24.8. The van der Waals surface area contributed by atoms with Gasteiger partial charge in [-0.1, -0.05) is 30.3 Å². The van der Waals surface area contributed by atoms with E-state index in [9.17, 15) is 4.79 Å². The van der Waals surface area contributed by atoms with Gasteiger partial charge in [-0.25, -0.2) is 14.5 Å². The van der Waals surface area contributed by atoms with Crippen molar-refractivity contribution in [2.45, 2.75) is 38.0 Å². The molecule has 2 unspecified atom stereocenters. The number of carbonyl (C=O) groups is 1. The van der Waals surface area contributed by atoms with E-state index in [0.717, 1.165) is 69.5 Å². The number of benzene rings is 1. The van der Waals surface area contributed by atoms with Crippen molar-refractivity contribution in [2.24, 2.45) is 15.2 Å². The van der Waals surface area contributed by atoms with E-state index in [-0.39, 0.29) is 12.0 Å². The Morgan fingerprint density at radius 1 is 1.21 bits per heavy atom. The minimum absolute atomic E-state index is 0.0568. The molecule has 6 heterocycles. The second-order valence-corrected chi connectivity index (χ2v) is 11.7. The number of hydrogen-bond donors (Lipinski definition) is 1. The molecule has 216 valence electrons. The van der Waals surface area contributed by atoms with Gasteiger partial charge in [0.15, 0.2) is 0 Å². The van der Waals surface area contributed by atoms with Crippen molar-refractivity contribution in [3.63, 3.8) is 0 Å². The molecule has 2 saturated heterocycles. The number of aromatic nitrogens is 3. The summed E-state index contributed by atoms with van der Waals surface area (Å²) >= 11 is 1.58. The Kier molecular flexibility index (Phi) is 7.26. The van der Waals surface area contributed by atoms with E-state index in [1.165, 1.54) is 6.34 Å². The molecule has 1 aromatic carbocycles. The molecule has 3 aliphatic heterocycles. The number of pyridine rings is 1. The molecule has 2 fully saturated rings. The molecular weight excluding hydrogens is 552 g/mol. The number of aliphatic imine (C=N–C) groups is 1. The van der Waals surface area contributed by atoms with Gasteiger partial charge in [0.05, 0.1) is 33.9 Å². The van der Waals surface area contributed by atoms with Crippen molar-refractivity contribution in [1.29, 1.82) is 0 Å². The number of nitrogens with zero attached hydrogens (tertiary/aromatic N) is 7. The van der Waals surface area contributed by atoms with Crippen LogP contribution in [0.25, 0.3) is 27.3 Å². The fourth-order valence-corrected chi connectivity index (χ4v) is 7.17. The molecule has 42 heavy (non-hydrogen) atoms. The van der Waals surface area contributed by atoms with Gasteiger partial charge in [0, 0.05) is 44.1 Å². The monoisotopic (exact) mass is 584 g/mol. The molecule has 0 aliphatic carbocycles. The molecule has 12 heteroatoms. The summed E-state index contributed by atoms with van der Waals surface area (Å²) in [7, 11) is 0. The molecule has 1 N–H and O–H groups in total. The molecule has 3 aliphatic rings. The zero-order valence-corrected chi connectivity index (χ0v) is 24.2. The molecule has 3 aromatic heterocycles. The summed E-state index contributed by atoms with van der Waals surface area (Å²) in [5.74, 6) is 0.799. The minimum atomic E-state index is -0.960. The van der Waals surface area contributed by atoms with Crippen molar-refractivity contribution in [1.82, 2.24) is 24.8 Å². The van der Waals surface area contributed by atoms with E-state index in [1.807, 2.05) is 48.0 Å². The number of fused-ring (bicyclic) bond motifs is 1. The smallest absolute Gasteiger partial charge is 0.234 e. The van der Waals surface area contributed by atoms with Crippen LogP contribution in [0.3, 0.4) is 0 Å². The van der Waals surface area contributed by atoms with Crippen LogP contribution in [0.5, 0.6) is 5.75 Å². The number of ether oxygens (including phenoxy) is 2. The first-order valence-electron chi connectivity index (χ1n) is 14.4. The van der Waals surface area contributed by atoms with E-state index in [1.54, 1.807) is 11.3 Å². The van der Waals surface area contributed by atoms with Gasteiger partial charge in [0.25, 0.3) is 0 Å². The normalized spacial score (nSPS) is 22.6. The summed E-state index contributed by atoms with van der Waals surface area (Å²) in [5, 5.41) is 17.4. The summed E-state index contributed by atoms with van der Waals surface area (Å²) < 4.78 is 14.3. The number of thiazole rings is 1. The zero-order chi connectivity index (χ0) is 28.5. The molecular formula is C30H32N8O3S. The summed E-state index contributed by atoms with van der Waals surface area (Å²) in [6, 6.07) is 14.1. The molecule has 0 bridgehead atoms. The van der Waals surface area contributed by atoms with E-state index in [4.69, 9.17) is 29.7 Å². The number of nitrogens with one attached hydrogen (secondary N) is 1. The average Bonchev–Trinajstić information content (AvgIpc) is 3.75. The second-order valence-electron chi connectivity index (χ2n) is 10.7. The Morgan fingerprint density at radius 3 is 2.90 bits per heavy atom. The highest BCUT2D eigenvalue weighted by Gasteiger charge is 2.48. The van der Waals surface area contributed by atoms with Gasteiger partial charge in [0.2, 0.25) is 11.6 Å². The highest BCUT2D eigenvalue weighted by atomic mass is 32.1. The van der Waals surface area contributed by atoms with Crippen LogP contribution in [0, 0.1) is 6.92 Å².